The van der Waals surface area contributed by atoms with Gasteiger partial charge in [0.15, 0.2) is 0 Å². The molecule has 2 N–H and O–H groups in total. The largest absolute Gasteiger partial charge is 0.390 e. The quantitative estimate of drug-likeness (QED) is 0.751. The van der Waals surface area contributed by atoms with Crippen molar-refractivity contribution in [3.8, 4) is 0 Å². The van der Waals surface area contributed by atoms with E-state index in [0.717, 1.165) is 13.1 Å². The number of morpholine rings is 1. The fourth-order valence-corrected chi connectivity index (χ4v) is 4.86. The smallest absolute Gasteiger partial charge is 0.240 e. The molecule has 146 valence electrons. The number of sulfonamides is 1. The first-order valence-corrected chi connectivity index (χ1v) is 11.1. The minimum atomic E-state index is -3.60. The fraction of sp³-hybridized carbons (Fsp3) is 0.684. The number of aliphatic hydroxyl groups is 1. The van der Waals surface area contributed by atoms with Crippen LogP contribution >= 0.6 is 0 Å². The zero-order chi connectivity index (χ0) is 18.4. The van der Waals surface area contributed by atoms with Gasteiger partial charge in [-0.25, -0.2) is 13.1 Å². The average molecular weight is 383 g/mol. The van der Waals surface area contributed by atoms with Gasteiger partial charge in [0, 0.05) is 26.2 Å². The Hall–Kier alpha value is -0.990. The van der Waals surface area contributed by atoms with Crippen molar-refractivity contribution in [1.29, 1.82) is 0 Å². The molecule has 1 aromatic rings. The second kappa shape index (κ2) is 9.28. The van der Waals surface area contributed by atoms with E-state index in [2.05, 4.69) is 9.62 Å². The van der Waals surface area contributed by atoms with Crippen molar-refractivity contribution >= 4 is 10.0 Å². The van der Waals surface area contributed by atoms with Crippen LogP contribution in [0.5, 0.6) is 0 Å². The number of aliphatic hydroxyl groups excluding tert-OH is 1. The molecular formula is C19H30N2O4S. The highest BCUT2D eigenvalue weighted by molar-refractivity contribution is 7.89. The Morgan fingerprint density at radius 1 is 1.12 bits per heavy atom. The van der Waals surface area contributed by atoms with Gasteiger partial charge in [0.1, 0.15) is 0 Å². The van der Waals surface area contributed by atoms with Gasteiger partial charge in [0.2, 0.25) is 10.0 Å². The Bertz CT molecular complexity index is 651. The molecule has 1 saturated heterocycles. The molecule has 1 atom stereocenters. The molecule has 0 amide bonds. The van der Waals surface area contributed by atoms with Gasteiger partial charge in [-0.15, -0.1) is 0 Å². The van der Waals surface area contributed by atoms with E-state index in [1.807, 2.05) is 12.1 Å². The van der Waals surface area contributed by atoms with E-state index in [4.69, 9.17) is 4.74 Å². The van der Waals surface area contributed by atoms with Gasteiger partial charge in [0.25, 0.3) is 0 Å². The number of benzene rings is 1. The Morgan fingerprint density at radius 2 is 1.77 bits per heavy atom. The van der Waals surface area contributed by atoms with Gasteiger partial charge in [-0.05, 0) is 36.5 Å². The first-order valence-electron chi connectivity index (χ1n) is 9.62. The third-order valence-corrected chi connectivity index (χ3v) is 6.79. The molecule has 26 heavy (non-hydrogen) atoms. The van der Waals surface area contributed by atoms with Crippen molar-refractivity contribution in [1.82, 2.24) is 9.62 Å². The minimum absolute atomic E-state index is 0.0179. The lowest BCUT2D eigenvalue weighted by molar-refractivity contribution is 0.0158. The summed E-state index contributed by atoms with van der Waals surface area (Å²) in [6.45, 7) is 3.33. The molecule has 1 aliphatic heterocycles. The predicted molar refractivity (Wildman–Crippen MR) is 101 cm³/mol. The molecule has 1 heterocycles. The zero-order valence-electron chi connectivity index (χ0n) is 15.3. The molecule has 1 saturated carbocycles. The van der Waals surface area contributed by atoms with Crippen LogP contribution in [0.2, 0.25) is 0 Å². The summed E-state index contributed by atoms with van der Waals surface area (Å²) in [5, 5.41) is 10.1. The molecule has 0 bridgehead atoms. The third kappa shape index (κ3) is 5.50. The van der Waals surface area contributed by atoms with Crippen molar-refractivity contribution in [2.45, 2.75) is 49.0 Å². The number of β-amino-alcohol motifs (C(OH)–C–C–N with tert-alkyl or cyclic N) is 1. The maximum atomic E-state index is 12.5. The molecular weight excluding hydrogens is 352 g/mol. The van der Waals surface area contributed by atoms with Crippen LogP contribution in [0.3, 0.4) is 0 Å². The summed E-state index contributed by atoms with van der Waals surface area (Å²) in [5.74, 6) is 0.559. The van der Waals surface area contributed by atoms with E-state index >= 15 is 0 Å². The van der Waals surface area contributed by atoms with E-state index in [-0.39, 0.29) is 11.4 Å². The summed E-state index contributed by atoms with van der Waals surface area (Å²) < 4.78 is 32.7. The number of nitrogens with zero attached hydrogens (tertiary/aromatic N) is 1. The van der Waals surface area contributed by atoms with E-state index in [1.165, 1.54) is 37.7 Å². The Balaban J connectivity index is 1.52. The number of ether oxygens (including phenoxy) is 1. The summed E-state index contributed by atoms with van der Waals surface area (Å²) in [4.78, 5) is 2.34. The number of rotatable bonds is 7. The fourth-order valence-electron chi connectivity index (χ4n) is 3.79. The van der Waals surface area contributed by atoms with E-state index in [9.17, 15) is 13.5 Å². The number of nitrogens with one attached hydrogen (secondary N) is 1. The topological polar surface area (TPSA) is 78.9 Å². The second-order valence-corrected chi connectivity index (χ2v) is 9.09. The Morgan fingerprint density at radius 3 is 2.42 bits per heavy atom. The van der Waals surface area contributed by atoms with E-state index in [0.29, 0.717) is 25.7 Å². The Kier molecular flexibility index (Phi) is 7.05. The van der Waals surface area contributed by atoms with Crippen LogP contribution in [0.1, 0.15) is 43.6 Å². The number of hydrogen-bond donors (Lipinski definition) is 2. The molecule has 2 aliphatic rings. The summed E-state index contributed by atoms with van der Waals surface area (Å²) in [5.41, 5.74) is 1.23. The molecule has 7 heteroatoms. The maximum Gasteiger partial charge on any atom is 0.240 e. The van der Waals surface area contributed by atoms with Crippen LogP contribution in [-0.4, -0.2) is 63.9 Å². The van der Waals surface area contributed by atoms with Crippen molar-refractivity contribution in [3.05, 3.63) is 29.8 Å². The highest BCUT2D eigenvalue weighted by atomic mass is 32.2. The molecule has 0 radical (unpaired) electrons. The lowest BCUT2D eigenvalue weighted by Gasteiger charge is -2.28. The van der Waals surface area contributed by atoms with Crippen LogP contribution in [-0.2, 0) is 14.8 Å². The molecule has 2 fully saturated rings. The minimum Gasteiger partial charge on any atom is -0.390 e. The summed E-state index contributed by atoms with van der Waals surface area (Å²) >= 11 is 0. The monoisotopic (exact) mass is 382 g/mol. The van der Waals surface area contributed by atoms with Crippen LogP contribution in [0.4, 0.5) is 0 Å². The molecule has 1 aliphatic carbocycles. The third-order valence-electron chi connectivity index (χ3n) is 5.35. The van der Waals surface area contributed by atoms with Gasteiger partial charge in [0.05, 0.1) is 24.2 Å². The highest BCUT2D eigenvalue weighted by Crippen LogP contribution is 2.32. The summed E-state index contributed by atoms with van der Waals surface area (Å²) in [6, 6.07) is 7.24. The predicted octanol–water partition coefficient (Wildman–Crippen LogP) is 1.71. The normalized spacial score (nSPS) is 21.6. The zero-order valence-corrected chi connectivity index (χ0v) is 16.1. The van der Waals surface area contributed by atoms with Crippen molar-refractivity contribution in [3.63, 3.8) is 0 Å². The molecule has 0 spiro atoms. The molecule has 6 nitrogen and oxygen atoms in total. The standard InChI is InChI=1S/C19H30N2O4S/c22-18(15-21-10-12-25-13-11-21)14-20-26(23,24)19-8-6-17(7-9-19)16-4-2-1-3-5-16/h6-9,16,18,20,22H,1-5,10-15H2. The molecule has 3 rings (SSSR count). The molecule has 0 aromatic heterocycles. The van der Waals surface area contributed by atoms with Gasteiger partial charge in [-0.2, -0.15) is 0 Å². The van der Waals surface area contributed by atoms with Crippen LogP contribution in [0.25, 0.3) is 0 Å². The maximum absolute atomic E-state index is 12.5. The summed E-state index contributed by atoms with van der Waals surface area (Å²) in [6.07, 6.45) is 5.47. The lowest BCUT2D eigenvalue weighted by atomic mass is 9.84. The molecule has 1 aromatic carbocycles. The SMILES string of the molecule is O=S(=O)(NCC(O)CN1CCOCC1)c1ccc(C2CCCCC2)cc1. The van der Waals surface area contributed by atoms with Crippen molar-refractivity contribution in [2.75, 3.05) is 39.4 Å². The van der Waals surface area contributed by atoms with E-state index in [1.54, 1.807) is 12.1 Å². The average Bonchev–Trinajstić information content (AvgIpc) is 2.68. The molecule has 1 unspecified atom stereocenters. The van der Waals surface area contributed by atoms with Crippen LogP contribution in [0, 0.1) is 0 Å². The summed E-state index contributed by atoms with van der Waals surface area (Å²) in [7, 11) is -3.60. The Labute approximate surface area is 156 Å². The van der Waals surface area contributed by atoms with Crippen molar-refractivity contribution < 1.29 is 18.3 Å². The van der Waals surface area contributed by atoms with Crippen molar-refractivity contribution in [2.24, 2.45) is 0 Å². The van der Waals surface area contributed by atoms with Crippen LogP contribution in [0.15, 0.2) is 29.2 Å². The lowest BCUT2D eigenvalue weighted by Crippen LogP contribution is -2.44. The van der Waals surface area contributed by atoms with Gasteiger partial charge in [-0.1, -0.05) is 31.4 Å². The second-order valence-electron chi connectivity index (χ2n) is 7.32. The van der Waals surface area contributed by atoms with Gasteiger partial charge in [-0.3, -0.25) is 4.90 Å². The highest BCUT2D eigenvalue weighted by Gasteiger charge is 2.20. The van der Waals surface area contributed by atoms with Gasteiger partial charge >= 0.3 is 0 Å². The van der Waals surface area contributed by atoms with Crippen LogP contribution < -0.4 is 4.72 Å². The number of hydrogen-bond acceptors (Lipinski definition) is 5. The van der Waals surface area contributed by atoms with E-state index < -0.39 is 16.1 Å². The van der Waals surface area contributed by atoms with Gasteiger partial charge < -0.3 is 9.84 Å². The first-order chi connectivity index (χ1) is 12.5. The first kappa shape index (κ1) is 19.8.